The number of amides is 1. The van der Waals surface area contributed by atoms with Crippen LogP contribution in [-0.4, -0.2) is 54.9 Å². The SMILES string of the molecule is CCOc1cc(/C=C2\SC(=Nc3ccc(OC)cc3)N(CCOC)C2=O)cc(I)c1OCc1ccc([N+](=O)[O-])cc1. The highest BCUT2D eigenvalue weighted by Crippen LogP contribution is 2.38. The Kier molecular flexibility index (Phi) is 10.6. The van der Waals surface area contributed by atoms with E-state index in [0.29, 0.717) is 47.0 Å². The minimum absolute atomic E-state index is 0.0213. The zero-order valence-corrected chi connectivity index (χ0v) is 25.6. The fraction of sp³-hybridized carbons (Fsp3) is 0.241. The summed E-state index contributed by atoms with van der Waals surface area (Å²) in [7, 11) is 3.19. The van der Waals surface area contributed by atoms with E-state index in [2.05, 4.69) is 22.6 Å². The first-order valence-electron chi connectivity index (χ1n) is 12.6. The van der Waals surface area contributed by atoms with E-state index in [9.17, 15) is 14.9 Å². The maximum absolute atomic E-state index is 13.4. The molecule has 0 unspecified atom stereocenters. The van der Waals surface area contributed by atoms with Crippen LogP contribution in [0.15, 0.2) is 70.6 Å². The lowest BCUT2D eigenvalue weighted by atomic mass is 10.1. The number of non-ortho nitro benzene ring substituents is 1. The summed E-state index contributed by atoms with van der Waals surface area (Å²) in [6, 6.07) is 17.3. The summed E-state index contributed by atoms with van der Waals surface area (Å²) in [5.41, 5.74) is 2.28. The third kappa shape index (κ3) is 7.77. The normalized spacial score (nSPS) is 15.0. The van der Waals surface area contributed by atoms with E-state index in [0.717, 1.165) is 20.4 Å². The second kappa shape index (κ2) is 14.3. The van der Waals surface area contributed by atoms with Crippen LogP contribution in [-0.2, 0) is 16.1 Å². The van der Waals surface area contributed by atoms with Crippen LogP contribution in [0, 0.1) is 13.7 Å². The number of rotatable bonds is 12. The molecule has 3 aromatic rings. The molecule has 4 rings (SSSR count). The monoisotopic (exact) mass is 689 g/mol. The number of benzene rings is 3. The number of carbonyl (C=O) groups excluding carboxylic acids is 1. The van der Waals surface area contributed by atoms with Crippen LogP contribution in [0.5, 0.6) is 17.2 Å². The minimum atomic E-state index is -0.438. The van der Waals surface area contributed by atoms with Gasteiger partial charge >= 0.3 is 0 Å². The van der Waals surface area contributed by atoms with E-state index in [1.165, 1.54) is 23.9 Å². The molecule has 0 N–H and O–H groups in total. The summed E-state index contributed by atoms with van der Waals surface area (Å²) < 4.78 is 23.2. The van der Waals surface area contributed by atoms with Gasteiger partial charge in [-0.3, -0.25) is 19.8 Å². The van der Waals surface area contributed by atoms with Gasteiger partial charge in [0.25, 0.3) is 11.6 Å². The van der Waals surface area contributed by atoms with E-state index >= 15 is 0 Å². The van der Waals surface area contributed by atoms with E-state index < -0.39 is 4.92 Å². The van der Waals surface area contributed by atoms with Gasteiger partial charge in [-0.2, -0.15) is 0 Å². The van der Waals surface area contributed by atoms with Crippen molar-refractivity contribution in [2.75, 3.05) is 34.0 Å². The number of methoxy groups -OCH3 is 2. The predicted molar refractivity (Wildman–Crippen MR) is 167 cm³/mol. The lowest BCUT2D eigenvalue weighted by Gasteiger charge is -2.15. The standard InChI is InChI=1S/C29H28IN3O7S/c1-4-39-25-16-20(15-24(30)27(25)40-18-19-5-9-22(10-6-19)33(35)36)17-26-28(34)32(13-14-37-2)29(41-26)31-21-7-11-23(38-3)12-8-21/h5-12,15-17H,4,13-14,18H2,1-3H3/b26-17-,31-29?. The molecule has 0 radical (unpaired) electrons. The van der Waals surface area contributed by atoms with Crippen molar-refractivity contribution in [3.63, 3.8) is 0 Å². The molecule has 1 saturated heterocycles. The molecule has 1 aliphatic heterocycles. The van der Waals surface area contributed by atoms with Gasteiger partial charge in [0.1, 0.15) is 12.4 Å². The van der Waals surface area contributed by atoms with Crippen molar-refractivity contribution >= 4 is 62.9 Å². The van der Waals surface area contributed by atoms with E-state index in [-0.39, 0.29) is 18.2 Å². The fourth-order valence-corrected chi connectivity index (χ4v) is 5.64. The van der Waals surface area contributed by atoms with Gasteiger partial charge in [0.2, 0.25) is 0 Å². The van der Waals surface area contributed by atoms with Crippen LogP contribution >= 0.6 is 34.4 Å². The Bertz CT molecular complexity index is 1460. The van der Waals surface area contributed by atoms with E-state index in [1.807, 2.05) is 49.4 Å². The number of amidine groups is 1. The summed E-state index contributed by atoms with van der Waals surface area (Å²) in [6.07, 6.45) is 1.81. The third-order valence-corrected chi connectivity index (χ3v) is 7.67. The maximum atomic E-state index is 13.4. The number of nitro groups is 1. The third-order valence-electron chi connectivity index (χ3n) is 5.86. The van der Waals surface area contributed by atoms with Gasteiger partial charge in [-0.25, -0.2) is 4.99 Å². The van der Waals surface area contributed by atoms with Crippen molar-refractivity contribution in [3.8, 4) is 17.2 Å². The van der Waals surface area contributed by atoms with Gasteiger partial charge in [0.15, 0.2) is 16.7 Å². The van der Waals surface area contributed by atoms with Crippen molar-refractivity contribution in [2.24, 2.45) is 4.99 Å². The highest BCUT2D eigenvalue weighted by molar-refractivity contribution is 14.1. The van der Waals surface area contributed by atoms with Crippen LogP contribution in [0.3, 0.4) is 0 Å². The molecule has 41 heavy (non-hydrogen) atoms. The molecule has 0 saturated carbocycles. The van der Waals surface area contributed by atoms with Crippen LogP contribution in [0.2, 0.25) is 0 Å². The molecule has 10 nitrogen and oxygen atoms in total. The average Bonchev–Trinajstić information content (AvgIpc) is 3.25. The van der Waals surface area contributed by atoms with Gasteiger partial charge in [-0.15, -0.1) is 0 Å². The first kappa shape index (κ1) is 30.3. The molecular formula is C29H28IN3O7S. The molecule has 0 spiro atoms. The van der Waals surface area contributed by atoms with Crippen LogP contribution < -0.4 is 14.2 Å². The largest absolute Gasteiger partial charge is 0.497 e. The molecule has 1 fully saturated rings. The van der Waals surface area contributed by atoms with Crippen molar-refractivity contribution in [1.82, 2.24) is 4.90 Å². The molecule has 0 bridgehead atoms. The maximum Gasteiger partial charge on any atom is 0.269 e. The Morgan fingerprint density at radius 1 is 1.07 bits per heavy atom. The first-order chi connectivity index (χ1) is 19.8. The molecule has 1 amide bonds. The smallest absolute Gasteiger partial charge is 0.269 e. The Morgan fingerprint density at radius 3 is 2.44 bits per heavy atom. The van der Waals surface area contributed by atoms with Gasteiger partial charge in [0.05, 0.1) is 46.0 Å². The molecule has 0 aromatic heterocycles. The molecular weight excluding hydrogens is 661 g/mol. The predicted octanol–water partition coefficient (Wildman–Crippen LogP) is 6.44. The Labute approximate surface area is 255 Å². The Morgan fingerprint density at radius 2 is 1.80 bits per heavy atom. The number of halogens is 1. The first-order valence-corrected chi connectivity index (χ1v) is 14.5. The number of hydrogen-bond acceptors (Lipinski definition) is 9. The second-order valence-electron chi connectivity index (χ2n) is 8.63. The van der Waals surface area contributed by atoms with Crippen LogP contribution in [0.4, 0.5) is 11.4 Å². The van der Waals surface area contributed by atoms with Gasteiger partial charge < -0.3 is 18.9 Å². The summed E-state index contributed by atoms with van der Waals surface area (Å²) in [5.74, 6) is 1.65. The average molecular weight is 690 g/mol. The molecule has 3 aromatic carbocycles. The zero-order valence-electron chi connectivity index (χ0n) is 22.7. The quantitative estimate of drug-likeness (QED) is 0.0926. The zero-order chi connectivity index (χ0) is 29.4. The van der Waals surface area contributed by atoms with Crippen LogP contribution in [0.1, 0.15) is 18.1 Å². The topological polar surface area (TPSA) is 113 Å². The van der Waals surface area contributed by atoms with E-state index in [1.54, 1.807) is 31.3 Å². The van der Waals surface area contributed by atoms with Crippen LogP contribution in [0.25, 0.3) is 6.08 Å². The highest BCUT2D eigenvalue weighted by Gasteiger charge is 2.33. The highest BCUT2D eigenvalue weighted by atomic mass is 127. The summed E-state index contributed by atoms with van der Waals surface area (Å²) in [4.78, 5) is 30.7. The molecule has 0 atom stereocenters. The Balaban J connectivity index is 1.59. The number of carbonyl (C=O) groups is 1. The number of ether oxygens (including phenoxy) is 4. The van der Waals surface area contributed by atoms with Crippen molar-refractivity contribution < 1.29 is 28.7 Å². The number of aliphatic imine (C=N–C) groups is 1. The summed E-state index contributed by atoms with van der Waals surface area (Å²) in [6.45, 7) is 3.24. The Hall–Kier alpha value is -3.62. The van der Waals surface area contributed by atoms with E-state index in [4.69, 9.17) is 23.9 Å². The lowest BCUT2D eigenvalue weighted by molar-refractivity contribution is -0.384. The second-order valence-corrected chi connectivity index (χ2v) is 10.8. The molecule has 1 heterocycles. The molecule has 1 aliphatic rings. The number of nitrogens with zero attached hydrogens (tertiary/aromatic N) is 3. The molecule has 0 aliphatic carbocycles. The van der Waals surface area contributed by atoms with Crippen molar-refractivity contribution in [2.45, 2.75) is 13.5 Å². The number of thioether (sulfide) groups is 1. The molecule has 12 heteroatoms. The molecule has 214 valence electrons. The van der Waals surface area contributed by atoms with Gasteiger partial charge in [0, 0.05) is 19.2 Å². The summed E-state index contributed by atoms with van der Waals surface area (Å²) in [5, 5.41) is 11.5. The number of hydrogen-bond donors (Lipinski definition) is 0. The summed E-state index contributed by atoms with van der Waals surface area (Å²) >= 11 is 3.47. The lowest BCUT2D eigenvalue weighted by Crippen LogP contribution is -2.32. The number of nitro benzene ring substituents is 1. The van der Waals surface area contributed by atoms with Gasteiger partial charge in [-0.1, -0.05) is 0 Å². The fourth-order valence-electron chi connectivity index (χ4n) is 3.83. The van der Waals surface area contributed by atoms with Crippen molar-refractivity contribution in [3.05, 3.63) is 90.4 Å². The minimum Gasteiger partial charge on any atom is -0.497 e. The van der Waals surface area contributed by atoms with Crippen molar-refractivity contribution in [1.29, 1.82) is 0 Å². The van der Waals surface area contributed by atoms with Gasteiger partial charge in [-0.05, 0) is 107 Å².